The molecule has 2 aromatic heterocycles. The number of halogens is 6. The van der Waals surface area contributed by atoms with Gasteiger partial charge in [-0.3, -0.25) is 14.2 Å². The van der Waals surface area contributed by atoms with Gasteiger partial charge in [0.25, 0.3) is 17.5 Å². The van der Waals surface area contributed by atoms with Gasteiger partial charge in [-0.05, 0) is 32.4 Å². The SMILES string of the molecule is Cc1nc(CCCO)[nH]c(=O)c1Cn1cnc(C(F)(F)C(F)F)c(Oc2cc(C(F)F)cc(C#N)c2C)c1=O. The lowest BCUT2D eigenvalue weighted by atomic mass is 10.0. The number of H-pyrrole nitrogens is 1. The molecule has 3 rings (SSSR count). The molecular weight excluding hydrogens is 536 g/mol. The van der Waals surface area contributed by atoms with Crippen molar-refractivity contribution in [2.75, 3.05) is 6.61 Å². The molecular formula is C24H21F6N5O4. The van der Waals surface area contributed by atoms with Crippen LogP contribution in [0.1, 0.15) is 52.3 Å². The van der Waals surface area contributed by atoms with Crippen LogP contribution in [-0.4, -0.2) is 37.7 Å². The number of alkyl halides is 6. The fourth-order valence-electron chi connectivity index (χ4n) is 3.57. The highest BCUT2D eigenvalue weighted by molar-refractivity contribution is 5.51. The second kappa shape index (κ2) is 11.7. The van der Waals surface area contributed by atoms with E-state index in [-0.39, 0.29) is 41.2 Å². The molecule has 0 fully saturated rings. The van der Waals surface area contributed by atoms with E-state index < -0.39 is 59.2 Å². The van der Waals surface area contributed by atoms with E-state index >= 15 is 0 Å². The summed E-state index contributed by atoms with van der Waals surface area (Å²) in [7, 11) is 0. The maximum atomic E-state index is 14.4. The van der Waals surface area contributed by atoms with Gasteiger partial charge in [0.15, 0.2) is 5.69 Å². The Labute approximate surface area is 216 Å². The number of nitrogens with zero attached hydrogens (tertiary/aromatic N) is 4. The Morgan fingerprint density at radius 2 is 1.90 bits per heavy atom. The highest BCUT2D eigenvalue weighted by atomic mass is 19.3. The minimum absolute atomic E-state index is 0.0892. The number of nitrogens with one attached hydrogen (secondary N) is 1. The zero-order valence-corrected chi connectivity index (χ0v) is 20.4. The first-order chi connectivity index (χ1) is 18.3. The monoisotopic (exact) mass is 557 g/mol. The number of hydrogen-bond donors (Lipinski definition) is 2. The quantitative estimate of drug-likeness (QED) is 0.362. The second-order valence-electron chi connectivity index (χ2n) is 8.39. The number of rotatable bonds is 10. The highest BCUT2D eigenvalue weighted by Crippen LogP contribution is 2.39. The highest BCUT2D eigenvalue weighted by Gasteiger charge is 2.48. The molecule has 1 aromatic carbocycles. The number of aromatic nitrogens is 4. The third-order valence-corrected chi connectivity index (χ3v) is 5.72. The Balaban J connectivity index is 2.18. The molecule has 15 heteroatoms. The Kier molecular flexibility index (Phi) is 8.80. The molecule has 0 atom stereocenters. The van der Waals surface area contributed by atoms with Crippen LogP contribution in [0.4, 0.5) is 26.3 Å². The zero-order chi connectivity index (χ0) is 29.1. The molecule has 0 aliphatic carbocycles. The predicted molar refractivity (Wildman–Crippen MR) is 123 cm³/mol. The summed E-state index contributed by atoms with van der Waals surface area (Å²) in [5, 5.41) is 18.2. The fourth-order valence-corrected chi connectivity index (χ4v) is 3.57. The molecule has 0 radical (unpaired) electrons. The van der Waals surface area contributed by atoms with Crippen LogP contribution in [0.2, 0.25) is 0 Å². The lowest BCUT2D eigenvalue weighted by molar-refractivity contribution is -0.139. The molecule has 0 amide bonds. The minimum Gasteiger partial charge on any atom is -0.449 e. The van der Waals surface area contributed by atoms with Gasteiger partial charge in [0.1, 0.15) is 11.6 Å². The van der Waals surface area contributed by atoms with Crippen molar-refractivity contribution in [1.29, 1.82) is 5.26 Å². The van der Waals surface area contributed by atoms with Crippen molar-refractivity contribution in [1.82, 2.24) is 19.5 Å². The summed E-state index contributed by atoms with van der Waals surface area (Å²) in [6.07, 6.45) is -6.36. The van der Waals surface area contributed by atoms with Crippen LogP contribution in [0.3, 0.4) is 0 Å². The van der Waals surface area contributed by atoms with Gasteiger partial charge in [0.2, 0.25) is 5.75 Å². The van der Waals surface area contributed by atoms with Crippen molar-refractivity contribution in [3.05, 3.63) is 78.6 Å². The first kappa shape index (κ1) is 29.4. The number of hydrogen-bond acceptors (Lipinski definition) is 7. The average molecular weight is 557 g/mol. The summed E-state index contributed by atoms with van der Waals surface area (Å²) in [4.78, 5) is 35.8. The van der Waals surface area contributed by atoms with Gasteiger partial charge in [-0.25, -0.2) is 27.5 Å². The molecule has 0 bridgehead atoms. The van der Waals surface area contributed by atoms with Gasteiger partial charge in [-0.1, -0.05) is 0 Å². The van der Waals surface area contributed by atoms with Crippen LogP contribution in [-0.2, 0) is 18.9 Å². The van der Waals surface area contributed by atoms with Crippen LogP contribution in [0.25, 0.3) is 0 Å². The maximum Gasteiger partial charge on any atom is 0.352 e. The molecule has 9 nitrogen and oxygen atoms in total. The number of nitriles is 1. The van der Waals surface area contributed by atoms with E-state index in [9.17, 15) is 41.2 Å². The summed E-state index contributed by atoms with van der Waals surface area (Å²) in [5.74, 6) is -6.76. The number of aromatic amines is 1. The van der Waals surface area contributed by atoms with Crippen LogP contribution >= 0.6 is 0 Å². The lowest BCUT2D eigenvalue weighted by Gasteiger charge is -2.20. The van der Waals surface area contributed by atoms with Crippen molar-refractivity contribution in [3.8, 4) is 17.6 Å². The van der Waals surface area contributed by atoms with E-state index in [0.717, 1.165) is 6.07 Å². The van der Waals surface area contributed by atoms with Crippen LogP contribution in [0.15, 0.2) is 28.0 Å². The Morgan fingerprint density at radius 1 is 1.21 bits per heavy atom. The average Bonchev–Trinajstić information content (AvgIpc) is 2.87. The topological polar surface area (TPSA) is 134 Å². The van der Waals surface area contributed by atoms with Crippen molar-refractivity contribution < 1.29 is 36.2 Å². The van der Waals surface area contributed by atoms with Crippen molar-refractivity contribution in [2.45, 2.75) is 52.0 Å². The molecule has 0 aliphatic rings. The molecule has 0 unspecified atom stereocenters. The summed E-state index contributed by atoms with van der Waals surface area (Å²) in [6, 6.07) is 3.14. The molecule has 0 saturated heterocycles. The fraction of sp³-hybridized carbons (Fsp3) is 0.375. The van der Waals surface area contributed by atoms with E-state index in [0.29, 0.717) is 23.4 Å². The maximum absolute atomic E-state index is 14.4. The van der Waals surface area contributed by atoms with Gasteiger partial charge in [0.05, 0.1) is 30.1 Å². The summed E-state index contributed by atoms with van der Waals surface area (Å²) in [6.45, 7) is 1.91. The van der Waals surface area contributed by atoms with E-state index in [1.807, 2.05) is 0 Å². The smallest absolute Gasteiger partial charge is 0.352 e. The van der Waals surface area contributed by atoms with Gasteiger partial charge >= 0.3 is 12.3 Å². The summed E-state index contributed by atoms with van der Waals surface area (Å²) < 4.78 is 87.8. The number of aryl methyl sites for hydroxylation is 2. The van der Waals surface area contributed by atoms with Gasteiger partial charge in [0, 0.05) is 29.8 Å². The van der Waals surface area contributed by atoms with Crippen LogP contribution < -0.4 is 15.9 Å². The first-order valence-electron chi connectivity index (χ1n) is 11.3. The Hall–Kier alpha value is -4.19. The van der Waals surface area contributed by atoms with E-state index in [4.69, 9.17) is 9.84 Å². The van der Waals surface area contributed by atoms with Gasteiger partial charge in [-0.2, -0.15) is 14.0 Å². The predicted octanol–water partition coefficient (Wildman–Crippen LogP) is 3.88. The van der Waals surface area contributed by atoms with E-state index in [2.05, 4.69) is 15.0 Å². The molecule has 0 aliphatic heterocycles. The second-order valence-corrected chi connectivity index (χ2v) is 8.39. The molecule has 0 spiro atoms. The van der Waals surface area contributed by atoms with Gasteiger partial charge in [-0.15, -0.1) is 0 Å². The summed E-state index contributed by atoms with van der Waals surface area (Å²) >= 11 is 0. The number of benzene rings is 1. The van der Waals surface area contributed by atoms with Crippen molar-refractivity contribution >= 4 is 0 Å². The standard InChI is InChI=1S/C24H21F6N5O4/c1-11-14(8-31)6-13(20(25)26)7-16(11)39-18-19(24(29,30)23(27)28)32-10-35(22(18)38)9-15-12(2)33-17(4-3-5-36)34-21(15)37/h6-7,10,20,23,36H,3-5,9H2,1-2H3,(H,33,34,37). The molecule has 208 valence electrons. The number of aliphatic hydroxyl groups excluding tert-OH is 1. The third-order valence-electron chi connectivity index (χ3n) is 5.72. The number of aliphatic hydroxyl groups is 1. The molecule has 3 aromatic rings. The van der Waals surface area contributed by atoms with Crippen molar-refractivity contribution in [2.24, 2.45) is 0 Å². The van der Waals surface area contributed by atoms with Crippen LogP contribution in [0, 0.1) is 25.2 Å². The lowest BCUT2D eigenvalue weighted by Crippen LogP contribution is -2.33. The Morgan fingerprint density at radius 3 is 2.46 bits per heavy atom. The number of ether oxygens (including phenoxy) is 1. The minimum atomic E-state index is -4.98. The first-order valence-corrected chi connectivity index (χ1v) is 11.3. The molecule has 0 saturated carbocycles. The zero-order valence-electron chi connectivity index (χ0n) is 20.4. The van der Waals surface area contributed by atoms with E-state index in [1.54, 1.807) is 6.07 Å². The molecule has 39 heavy (non-hydrogen) atoms. The largest absolute Gasteiger partial charge is 0.449 e. The third kappa shape index (κ3) is 6.11. The van der Waals surface area contributed by atoms with E-state index in [1.165, 1.54) is 13.8 Å². The van der Waals surface area contributed by atoms with Gasteiger partial charge < -0.3 is 14.8 Å². The molecule has 2 heterocycles. The molecule has 2 N–H and O–H groups in total. The summed E-state index contributed by atoms with van der Waals surface area (Å²) in [5.41, 5.74) is -5.01. The van der Waals surface area contributed by atoms with Crippen molar-refractivity contribution in [3.63, 3.8) is 0 Å². The normalized spacial score (nSPS) is 11.7. The Bertz CT molecular complexity index is 1530. The van der Waals surface area contributed by atoms with Crippen LogP contribution in [0.5, 0.6) is 11.5 Å².